The van der Waals surface area contributed by atoms with Crippen LogP contribution in [0.5, 0.6) is 11.5 Å². The Morgan fingerprint density at radius 1 is 1.00 bits per heavy atom. The van der Waals surface area contributed by atoms with Crippen LogP contribution in [0, 0.1) is 0 Å². The summed E-state index contributed by atoms with van der Waals surface area (Å²) in [6, 6.07) is 14.7. The minimum atomic E-state index is -0.606. The lowest BCUT2D eigenvalue weighted by Crippen LogP contribution is -2.30. The average Bonchev–Trinajstić information content (AvgIpc) is 2.49. The second-order valence-corrected chi connectivity index (χ2v) is 6.31. The Kier molecular flexibility index (Phi) is 6.04. The Labute approximate surface area is 144 Å². The number of amides is 1. The molecule has 5 heteroatoms. The number of carbonyl (C=O) groups is 1. The van der Waals surface area contributed by atoms with Gasteiger partial charge in [-0.1, -0.05) is 22.0 Å². The van der Waals surface area contributed by atoms with Crippen molar-refractivity contribution in [3.63, 3.8) is 0 Å². The van der Waals surface area contributed by atoms with Crippen LogP contribution in [0.15, 0.2) is 53.0 Å². The molecule has 0 aliphatic rings. The van der Waals surface area contributed by atoms with Crippen molar-refractivity contribution < 1.29 is 14.3 Å². The minimum absolute atomic E-state index is 0.0839. The number of hydrogen-bond donors (Lipinski definition) is 1. The van der Waals surface area contributed by atoms with Gasteiger partial charge in [0.05, 0.1) is 6.10 Å². The maximum atomic E-state index is 12.2. The fourth-order valence-corrected chi connectivity index (χ4v) is 2.20. The molecule has 0 saturated carbocycles. The quantitative estimate of drug-likeness (QED) is 0.797. The smallest absolute Gasteiger partial charge is 0.265 e. The standard InChI is InChI=1S/C18H20BrNO3/c1-12(2)22-17-6-4-5-15(11-17)20-18(21)13(3)23-16-9-7-14(19)8-10-16/h4-13H,1-3H3,(H,20,21). The van der Waals surface area contributed by atoms with E-state index in [0.29, 0.717) is 11.4 Å². The highest BCUT2D eigenvalue weighted by Crippen LogP contribution is 2.20. The van der Waals surface area contributed by atoms with Gasteiger partial charge in [0.15, 0.2) is 6.10 Å². The molecule has 0 bridgehead atoms. The number of halogens is 1. The Hall–Kier alpha value is -2.01. The summed E-state index contributed by atoms with van der Waals surface area (Å²) in [5.41, 5.74) is 0.680. The van der Waals surface area contributed by atoms with Gasteiger partial charge in [0.1, 0.15) is 11.5 Å². The van der Waals surface area contributed by atoms with Crippen molar-refractivity contribution in [1.29, 1.82) is 0 Å². The first-order chi connectivity index (χ1) is 10.9. The topological polar surface area (TPSA) is 47.6 Å². The molecule has 122 valence electrons. The Balaban J connectivity index is 1.96. The summed E-state index contributed by atoms with van der Waals surface area (Å²) in [4.78, 5) is 12.2. The molecule has 0 spiro atoms. The van der Waals surface area contributed by atoms with Crippen LogP contribution in [0.2, 0.25) is 0 Å². The first kappa shape index (κ1) is 17.3. The van der Waals surface area contributed by atoms with Crippen LogP contribution in [0.1, 0.15) is 20.8 Å². The molecular weight excluding hydrogens is 358 g/mol. The Bertz CT molecular complexity index is 656. The van der Waals surface area contributed by atoms with Crippen molar-refractivity contribution in [3.8, 4) is 11.5 Å². The summed E-state index contributed by atoms with van der Waals surface area (Å²) in [5, 5.41) is 2.83. The van der Waals surface area contributed by atoms with E-state index >= 15 is 0 Å². The van der Waals surface area contributed by atoms with Gasteiger partial charge in [-0.15, -0.1) is 0 Å². The zero-order valence-corrected chi connectivity index (χ0v) is 15.0. The van der Waals surface area contributed by atoms with E-state index in [2.05, 4.69) is 21.2 Å². The molecule has 0 fully saturated rings. The lowest BCUT2D eigenvalue weighted by molar-refractivity contribution is -0.122. The van der Waals surface area contributed by atoms with Gasteiger partial charge < -0.3 is 14.8 Å². The van der Waals surface area contributed by atoms with Gasteiger partial charge in [-0.3, -0.25) is 4.79 Å². The van der Waals surface area contributed by atoms with Gasteiger partial charge >= 0.3 is 0 Å². The van der Waals surface area contributed by atoms with Crippen LogP contribution < -0.4 is 14.8 Å². The zero-order valence-electron chi connectivity index (χ0n) is 13.4. The van der Waals surface area contributed by atoms with E-state index < -0.39 is 6.10 Å². The van der Waals surface area contributed by atoms with Crippen LogP contribution in [0.3, 0.4) is 0 Å². The van der Waals surface area contributed by atoms with Crippen molar-refractivity contribution in [2.75, 3.05) is 5.32 Å². The molecule has 1 atom stereocenters. The van der Waals surface area contributed by atoms with Gasteiger partial charge in [-0.25, -0.2) is 0 Å². The van der Waals surface area contributed by atoms with Crippen molar-refractivity contribution in [1.82, 2.24) is 0 Å². The summed E-state index contributed by atoms with van der Waals surface area (Å²) in [7, 11) is 0. The lowest BCUT2D eigenvalue weighted by Gasteiger charge is -2.16. The van der Waals surface area contributed by atoms with Crippen LogP contribution >= 0.6 is 15.9 Å². The third-order valence-corrected chi connectivity index (χ3v) is 3.50. The molecule has 0 aliphatic heterocycles. The molecule has 2 aromatic rings. The fraction of sp³-hybridized carbons (Fsp3) is 0.278. The van der Waals surface area contributed by atoms with Crippen molar-refractivity contribution in [2.45, 2.75) is 33.0 Å². The first-order valence-corrected chi connectivity index (χ1v) is 8.23. The SMILES string of the molecule is CC(C)Oc1cccc(NC(=O)C(C)Oc2ccc(Br)cc2)c1. The van der Waals surface area contributed by atoms with Crippen LogP contribution in [0.4, 0.5) is 5.69 Å². The molecule has 0 aliphatic carbocycles. The number of benzene rings is 2. The molecule has 2 rings (SSSR count). The predicted molar refractivity (Wildman–Crippen MR) is 95.1 cm³/mol. The molecule has 0 saturated heterocycles. The summed E-state index contributed by atoms with van der Waals surface area (Å²) >= 11 is 3.36. The predicted octanol–water partition coefficient (Wildman–Crippen LogP) is 4.64. The van der Waals surface area contributed by atoms with E-state index in [0.717, 1.165) is 10.2 Å². The molecular formula is C18H20BrNO3. The Morgan fingerprint density at radius 3 is 2.35 bits per heavy atom. The number of nitrogens with one attached hydrogen (secondary N) is 1. The highest BCUT2D eigenvalue weighted by molar-refractivity contribution is 9.10. The average molecular weight is 378 g/mol. The highest BCUT2D eigenvalue weighted by atomic mass is 79.9. The van der Waals surface area contributed by atoms with E-state index in [-0.39, 0.29) is 12.0 Å². The fourth-order valence-electron chi connectivity index (χ4n) is 1.93. The largest absolute Gasteiger partial charge is 0.491 e. The monoisotopic (exact) mass is 377 g/mol. The van der Waals surface area contributed by atoms with Crippen molar-refractivity contribution in [2.24, 2.45) is 0 Å². The summed E-state index contributed by atoms with van der Waals surface area (Å²) in [5.74, 6) is 1.15. The second kappa shape index (κ2) is 8.02. The molecule has 1 unspecified atom stereocenters. The zero-order chi connectivity index (χ0) is 16.8. The molecule has 4 nitrogen and oxygen atoms in total. The number of anilines is 1. The molecule has 1 amide bonds. The van der Waals surface area contributed by atoms with Gasteiger partial charge in [0.2, 0.25) is 0 Å². The number of rotatable bonds is 6. The normalized spacial score (nSPS) is 11.9. The van der Waals surface area contributed by atoms with E-state index in [9.17, 15) is 4.79 Å². The van der Waals surface area contributed by atoms with E-state index in [1.54, 1.807) is 13.0 Å². The molecule has 1 N–H and O–H groups in total. The van der Waals surface area contributed by atoms with Gasteiger partial charge in [-0.05, 0) is 57.2 Å². The minimum Gasteiger partial charge on any atom is -0.491 e. The number of ether oxygens (including phenoxy) is 2. The van der Waals surface area contributed by atoms with Gasteiger partial charge in [-0.2, -0.15) is 0 Å². The summed E-state index contributed by atoms with van der Waals surface area (Å²) < 4.78 is 12.2. The number of hydrogen-bond acceptors (Lipinski definition) is 3. The highest BCUT2D eigenvalue weighted by Gasteiger charge is 2.15. The molecule has 0 aromatic heterocycles. The van der Waals surface area contributed by atoms with Crippen molar-refractivity contribution >= 4 is 27.5 Å². The van der Waals surface area contributed by atoms with Crippen LogP contribution in [0.25, 0.3) is 0 Å². The number of carbonyl (C=O) groups excluding carboxylic acids is 1. The van der Waals surface area contributed by atoms with E-state index in [1.165, 1.54) is 0 Å². The van der Waals surface area contributed by atoms with E-state index in [1.807, 2.05) is 56.3 Å². The Morgan fingerprint density at radius 2 is 1.70 bits per heavy atom. The molecule has 23 heavy (non-hydrogen) atoms. The lowest BCUT2D eigenvalue weighted by atomic mass is 10.2. The maximum absolute atomic E-state index is 12.2. The molecule has 2 aromatic carbocycles. The van der Waals surface area contributed by atoms with E-state index in [4.69, 9.17) is 9.47 Å². The van der Waals surface area contributed by atoms with Crippen LogP contribution in [-0.2, 0) is 4.79 Å². The summed E-state index contributed by atoms with van der Waals surface area (Å²) in [6.07, 6.45) is -0.522. The van der Waals surface area contributed by atoms with Crippen LogP contribution in [-0.4, -0.2) is 18.1 Å². The van der Waals surface area contributed by atoms with Crippen molar-refractivity contribution in [3.05, 3.63) is 53.0 Å². The van der Waals surface area contributed by atoms with Gasteiger partial charge in [0.25, 0.3) is 5.91 Å². The van der Waals surface area contributed by atoms with Gasteiger partial charge in [0, 0.05) is 16.2 Å². The summed E-state index contributed by atoms with van der Waals surface area (Å²) in [6.45, 7) is 5.63. The molecule has 0 radical (unpaired) electrons. The molecule has 0 heterocycles. The second-order valence-electron chi connectivity index (χ2n) is 5.40. The first-order valence-electron chi connectivity index (χ1n) is 7.44. The maximum Gasteiger partial charge on any atom is 0.265 e. The third-order valence-electron chi connectivity index (χ3n) is 2.97. The third kappa shape index (κ3) is 5.60.